The van der Waals surface area contributed by atoms with Gasteiger partial charge >= 0.3 is 0 Å². The summed E-state index contributed by atoms with van der Waals surface area (Å²) in [5.74, 6) is 0.884. The third kappa shape index (κ3) is 4.36. The number of hydrogen-bond donors (Lipinski definition) is 1. The van der Waals surface area contributed by atoms with Gasteiger partial charge in [-0.25, -0.2) is 0 Å². The van der Waals surface area contributed by atoms with Gasteiger partial charge in [-0.15, -0.1) is 0 Å². The van der Waals surface area contributed by atoms with E-state index in [2.05, 4.69) is 96.0 Å². The molecule has 1 aliphatic heterocycles. The fraction of sp³-hybridized carbons (Fsp3) is 0.231. The molecule has 0 saturated heterocycles. The fourth-order valence-corrected chi connectivity index (χ4v) is 3.65. The summed E-state index contributed by atoms with van der Waals surface area (Å²) in [5, 5.41) is 3.70. The molecule has 0 spiro atoms. The molecule has 1 N–H and O–H groups in total. The average Bonchev–Trinajstić information content (AvgIpc) is 2.76. The van der Waals surface area contributed by atoms with Crippen molar-refractivity contribution in [2.24, 2.45) is 0 Å². The first-order chi connectivity index (χ1) is 14.1. The Kier molecular flexibility index (Phi) is 5.68. The highest BCUT2D eigenvalue weighted by atomic mass is 16.5. The van der Waals surface area contributed by atoms with Crippen LogP contribution in [0.4, 0.5) is 5.69 Å². The smallest absolute Gasteiger partial charge is 0.149 e. The lowest BCUT2D eigenvalue weighted by molar-refractivity contribution is 0.0815. The first kappa shape index (κ1) is 19.3. The Morgan fingerprint density at radius 3 is 2.21 bits per heavy atom. The van der Waals surface area contributed by atoms with Gasteiger partial charge in [0.1, 0.15) is 12.0 Å². The highest BCUT2D eigenvalue weighted by molar-refractivity contribution is 5.85. The summed E-state index contributed by atoms with van der Waals surface area (Å²) < 4.78 is 6.00. The third-order valence-electron chi connectivity index (χ3n) is 5.49. The number of ether oxygens (including phenoxy) is 1. The summed E-state index contributed by atoms with van der Waals surface area (Å²) >= 11 is 0. The highest BCUT2D eigenvalue weighted by Gasteiger charge is 2.18. The number of allylic oxidation sites excluding steroid dienone is 1. The molecule has 0 amide bonds. The van der Waals surface area contributed by atoms with Gasteiger partial charge in [0.25, 0.3) is 0 Å². The van der Waals surface area contributed by atoms with Crippen molar-refractivity contribution in [3.63, 3.8) is 0 Å². The van der Waals surface area contributed by atoms with Crippen molar-refractivity contribution in [3.8, 4) is 5.75 Å². The van der Waals surface area contributed by atoms with Crippen LogP contribution in [-0.4, -0.2) is 25.2 Å². The molecule has 1 heterocycles. The summed E-state index contributed by atoms with van der Waals surface area (Å²) in [4.78, 5) is 2.05. The van der Waals surface area contributed by atoms with Crippen molar-refractivity contribution in [2.45, 2.75) is 26.0 Å². The Morgan fingerprint density at radius 2 is 1.48 bits per heavy atom. The van der Waals surface area contributed by atoms with Crippen molar-refractivity contribution < 1.29 is 4.74 Å². The molecule has 0 radical (unpaired) electrons. The van der Waals surface area contributed by atoms with Gasteiger partial charge in [-0.3, -0.25) is 4.90 Å². The van der Waals surface area contributed by atoms with Crippen LogP contribution in [-0.2, 0) is 6.42 Å². The van der Waals surface area contributed by atoms with E-state index >= 15 is 0 Å². The zero-order valence-electron chi connectivity index (χ0n) is 17.4. The molecule has 3 aromatic carbocycles. The summed E-state index contributed by atoms with van der Waals surface area (Å²) in [5.41, 5.74) is 7.54. The van der Waals surface area contributed by atoms with Gasteiger partial charge in [0.05, 0.1) is 0 Å². The summed E-state index contributed by atoms with van der Waals surface area (Å²) in [6, 6.07) is 27.7. The van der Waals surface area contributed by atoms with E-state index in [1.54, 1.807) is 0 Å². The van der Waals surface area contributed by atoms with Crippen LogP contribution in [0.5, 0.6) is 5.75 Å². The molecule has 0 saturated carbocycles. The number of hydrogen-bond acceptors (Lipinski definition) is 3. The molecule has 29 heavy (non-hydrogen) atoms. The summed E-state index contributed by atoms with van der Waals surface area (Å²) in [6.45, 7) is 2.05. The SMILES string of the molecule is CC(Oc1ccc(C(=C2CCc3ccccc3N2)c2ccccc2)cc1)N(C)C. The minimum Gasteiger partial charge on any atom is -0.475 e. The maximum atomic E-state index is 6.00. The summed E-state index contributed by atoms with van der Waals surface area (Å²) in [7, 11) is 4.03. The van der Waals surface area contributed by atoms with Gasteiger partial charge < -0.3 is 10.1 Å². The van der Waals surface area contributed by atoms with E-state index < -0.39 is 0 Å². The van der Waals surface area contributed by atoms with E-state index in [0.717, 1.165) is 18.6 Å². The lowest BCUT2D eigenvalue weighted by Crippen LogP contribution is -2.30. The van der Waals surface area contributed by atoms with Gasteiger partial charge in [-0.05, 0) is 68.8 Å². The molecule has 0 fully saturated rings. The van der Waals surface area contributed by atoms with E-state index in [-0.39, 0.29) is 6.23 Å². The second kappa shape index (κ2) is 8.54. The van der Waals surface area contributed by atoms with Crippen LogP contribution >= 0.6 is 0 Å². The monoisotopic (exact) mass is 384 g/mol. The molecule has 3 aromatic rings. The minimum absolute atomic E-state index is 0.0318. The van der Waals surface area contributed by atoms with Crippen LogP contribution in [0.25, 0.3) is 5.57 Å². The second-order valence-electron chi connectivity index (χ2n) is 7.71. The number of anilines is 1. The predicted octanol–water partition coefficient (Wildman–Crippen LogP) is 5.79. The average molecular weight is 385 g/mol. The number of nitrogens with zero attached hydrogens (tertiary/aromatic N) is 1. The molecule has 1 atom stereocenters. The molecule has 1 unspecified atom stereocenters. The topological polar surface area (TPSA) is 24.5 Å². The number of para-hydroxylation sites is 1. The second-order valence-corrected chi connectivity index (χ2v) is 7.71. The molecule has 0 aromatic heterocycles. The number of fused-ring (bicyclic) bond motifs is 1. The molecular weight excluding hydrogens is 356 g/mol. The van der Waals surface area contributed by atoms with Crippen LogP contribution in [0.3, 0.4) is 0 Å². The molecule has 0 aliphatic carbocycles. The molecule has 3 nitrogen and oxygen atoms in total. The molecule has 4 rings (SSSR count). The van der Waals surface area contributed by atoms with Crippen molar-refractivity contribution >= 4 is 11.3 Å². The standard InChI is InChI=1S/C26H28N2O/c1-19(28(2)3)29-23-16-13-22(14-17-23)26(21-10-5-4-6-11-21)25-18-15-20-9-7-8-12-24(20)27-25/h4-14,16-17,19,27H,15,18H2,1-3H3. The normalized spacial score (nSPS) is 16.0. The van der Waals surface area contributed by atoms with E-state index in [4.69, 9.17) is 4.74 Å². The van der Waals surface area contributed by atoms with E-state index in [1.807, 2.05) is 14.1 Å². The van der Waals surface area contributed by atoms with Crippen molar-refractivity contribution in [2.75, 3.05) is 19.4 Å². The van der Waals surface area contributed by atoms with Crippen molar-refractivity contribution in [1.82, 2.24) is 4.90 Å². The lowest BCUT2D eigenvalue weighted by atomic mass is 9.91. The Morgan fingerprint density at radius 1 is 0.828 bits per heavy atom. The Labute approximate surface area is 173 Å². The molecule has 3 heteroatoms. The molecular formula is C26H28N2O. The predicted molar refractivity (Wildman–Crippen MR) is 121 cm³/mol. The van der Waals surface area contributed by atoms with Gasteiger partial charge in [-0.1, -0.05) is 60.7 Å². The van der Waals surface area contributed by atoms with Crippen LogP contribution in [0.15, 0.2) is 84.6 Å². The van der Waals surface area contributed by atoms with Gasteiger partial charge in [0.15, 0.2) is 0 Å². The molecule has 0 bridgehead atoms. The summed E-state index contributed by atoms with van der Waals surface area (Å²) in [6.07, 6.45) is 2.08. The number of aryl methyl sites for hydroxylation is 1. The quantitative estimate of drug-likeness (QED) is 0.564. The third-order valence-corrected chi connectivity index (χ3v) is 5.49. The maximum Gasteiger partial charge on any atom is 0.149 e. The molecule has 148 valence electrons. The largest absolute Gasteiger partial charge is 0.475 e. The Balaban J connectivity index is 1.71. The Bertz CT molecular complexity index is 991. The number of nitrogens with one attached hydrogen (secondary N) is 1. The van der Waals surface area contributed by atoms with Gasteiger partial charge in [-0.2, -0.15) is 0 Å². The zero-order valence-corrected chi connectivity index (χ0v) is 17.4. The van der Waals surface area contributed by atoms with Crippen molar-refractivity contribution in [1.29, 1.82) is 0 Å². The molecule has 1 aliphatic rings. The maximum absolute atomic E-state index is 6.00. The van der Waals surface area contributed by atoms with Crippen LogP contribution in [0, 0.1) is 0 Å². The number of benzene rings is 3. The van der Waals surface area contributed by atoms with Crippen LogP contribution < -0.4 is 10.1 Å². The zero-order chi connectivity index (χ0) is 20.2. The first-order valence-corrected chi connectivity index (χ1v) is 10.2. The van der Waals surface area contributed by atoms with E-state index in [0.29, 0.717) is 0 Å². The Hall–Kier alpha value is -3.04. The first-order valence-electron chi connectivity index (χ1n) is 10.2. The minimum atomic E-state index is 0.0318. The van der Waals surface area contributed by atoms with E-state index in [1.165, 1.54) is 33.6 Å². The van der Waals surface area contributed by atoms with E-state index in [9.17, 15) is 0 Å². The van der Waals surface area contributed by atoms with Gasteiger partial charge in [0.2, 0.25) is 0 Å². The van der Waals surface area contributed by atoms with Crippen LogP contribution in [0.1, 0.15) is 30.0 Å². The lowest BCUT2D eigenvalue weighted by Gasteiger charge is -2.25. The number of rotatable bonds is 5. The van der Waals surface area contributed by atoms with Crippen molar-refractivity contribution in [3.05, 3.63) is 101 Å². The fourth-order valence-electron chi connectivity index (χ4n) is 3.65. The highest BCUT2D eigenvalue weighted by Crippen LogP contribution is 2.35. The van der Waals surface area contributed by atoms with Gasteiger partial charge in [0, 0.05) is 17.0 Å². The van der Waals surface area contributed by atoms with Crippen LogP contribution in [0.2, 0.25) is 0 Å².